The minimum atomic E-state index is -0.266. The van der Waals surface area contributed by atoms with Gasteiger partial charge in [0.05, 0.1) is 6.20 Å². The highest BCUT2D eigenvalue weighted by molar-refractivity contribution is 6.05. The maximum atomic E-state index is 12.3. The van der Waals surface area contributed by atoms with Crippen LogP contribution in [-0.4, -0.2) is 22.7 Å². The van der Waals surface area contributed by atoms with E-state index in [1.165, 1.54) is 17.2 Å². The number of aromatic hydroxyl groups is 1. The molecule has 0 unspecified atom stereocenters. The number of carbonyl (C=O) groups excluding carboxylic acids is 1. The molecule has 0 fully saturated rings. The van der Waals surface area contributed by atoms with Crippen LogP contribution in [0, 0.1) is 6.92 Å². The second-order valence-corrected chi connectivity index (χ2v) is 3.91. The van der Waals surface area contributed by atoms with Gasteiger partial charge < -0.3 is 14.5 Å². The van der Waals surface area contributed by atoms with E-state index in [1.54, 1.807) is 25.1 Å². The number of anilines is 1. The van der Waals surface area contributed by atoms with Crippen molar-refractivity contribution in [1.82, 2.24) is 5.16 Å². The van der Waals surface area contributed by atoms with Crippen LogP contribution in [0.5, 0.6) is 5.75 Å². The third kappa shape index (κ3) is 2.20. The van der Waals surface area contributed by atoms with Crippen molar-refractivity contribution in [2.75, 3.05) is 11.4 Å². The van der Waals surface area contributed by atoms with E-state index in [9.17, 15) is 9.90 Å². The van der Waals surface area contributed by atoms with Crippen LogP contribution in [0.4, 0.5) is 5.69 Å². The van der Waals surface area contributed by atoms with Crippen LogP contribution < -0.4 is 4.90 Å². The lowest BCUT2D eigenvalue weighted by atomic mass is 10.2. The fourth-order valence-corrected chi connectivity index (χ4v) is 1.72. The first-order valence-corrected chi connectivity index (χ1v) is 5.65. The van der Waals surface area contributed by atoms with E-state index in [0.717, 1.165) is 0 Å². The molecule has 0 saturated heterocycles. The third-order valence-electron chi connectivity index (χ3n) is 2.65. The summed E-state index contributed by atoms with van der Waals surface area (Å²) >= 11 is 0. The monoisotopic (exact) mass is 246 g/mol. The summed E-state index contributed by atoms with van der Waals surface area (Å²) < 4.78 is 4.96. The number of rotatable bonds is 3. The Hall–Kier alpha value is -2.30. The van der Waals surface area contributed by atoms with Crippen LogP contribution in [0.15, 0.2) is 35.0 Å². The molecule has 1 amide bonds. The average Bonchev–Trinajstić information content (AvgIpc) is 2.76. The molecular formula is C13H14N2O3. The van der Waals surface area contributed by atoms with Crippen molar-refractivity contribution in [3.63, 3.8) is 0 Å². The number of nitrogens with zero attached hydrogens (tertiary/aromatic N) is 2. The van der Waals surface area contributed by atoms with Gasteiger partial charge in [-0.15, -0.1) is 0 Å². The van der Waals surface area contributed by atoms with Crippen molar-refractivity contribution in [3.8, 4) is 5.75 Å². The Morgan fingerprint density at radius 3 is 2.83 bits per heavy atom. The summed E-state index contributed by atoms with van der Waals surface area (Å²) in [5, 5.41) is 13.0. The van der Waals surface area contributed by atoms with Gasteiger partial charge in [-0.05, 0) is 26.0 Å². The fourth-order valence-electron chi connectivity index (χ4n) is 1.72. The van der Waals surface area contributed by atoms with Crippen LogP contribution >= 0.6 is 0 Å². The first kappa shape index (κ1) is 12.2. The number of phenols is 1. The van der Waals surface area contributed by atoms with Gasteiger partial charge in [-0.25, -0.2) is 0 Å². The molecule has 2 rings (SSSR count). The van der Waals surface area contributed by atoms with Gasteiger partial charge in [0.25, 0.3) is 5.91 Å². The van der Waals surface area contributed by atoms with Gasteiger partial charge >= 0.3 is 0 Å². The summed E-state index contributed by atoms with van der Waals surface area (Å²) in [6.07, 6.45) is 1.50. The van der Waals surface area contributed by atoms with E-state index in [0.29, 0.717) is 17.8 Å². The standard InChI is InChI=1S/C13H14N2O3/c1-3-15(10-5-4-6-11(16)7-10)13(17)12-9(2)8-14-18-12/h4-8,16H,3H2,1-2H3. The molecule has 94 valence electrons. The molecule has 0 aliphatic carbocycles. The quantitative estimate of drug-likeness (QED) is 0.902. The summed E-state index contributed by atoms with van der Waals surface area (Å²) in [4.78, 5) is 13.8. The van der Waals surface area contributed by atoms with Gasteiger partial charge in [0.1, 0.15) is 5.75 Å². The van der Waals surface area contributed by atoms with E-state index in [-0.39, 0.29) is 17.4 Å². The van der Waals surface area contributed by atoms with E-state index in [2.05, 4.69) is 5.16 Å². The summed E-state index contributed by atoms with van der Waals surface area (Å²) in [5.41, 5.74) is 1.32. The number of amides is 1. The third-order valence-corrected chi connectivity index (χ3v) is 2.65. The fraction of sp³-hybridized carbons (Fsp3) is 0.231. The Morgan fingerprint density at radius 1 is 1.50 bits per heavy atom. The molecule has 0 saturated carbocycles. The number of carbonyl (C=O) groups is 1. The number of aromatic nitrogens is 1. The topological polar surface area (TPSA) is 66.6 Å². The second-order valence-electron chi connectivity index (χ2n) is 3.91. The highest BCUT2D eigenvalue weighted by Crippen LogP contribution is 2.22. The SMILES string of the molecule is CCN(C(=O)c1oncc1C)c1cccc(O)c1. The minimum absolute atomic E-state index is 0.119. The highest BCUT2D eigenvalue weighted by Gasteiger charge is 2.21. The lowest BCUT2D eigenvalue weighted by molar-refractivity contribution is 0.0952. The zero-order chi connectivity index (χ0) is 13.1. The normalized spacial score (nSPS) is 10.3. The Morgan fingerprint density at radius 2 is 2.28 bits per heavy atom. The number of hydrogen-bond donors (Lipinski definition) is 1. The largest absolute Gasteiger partial charge is 0.508 e. The van der Waals surface area contributed by atoms with Crippen molar-refractivity contribution >= 4 is 11.6 Å². The zero-order valence-corrected chi connectivity index (χ0v) is 10.3. The number of hydrogen-bond acceptors (Lipinski definition) is 4. The maximum Gasteiger partial charge on any atom is 0.297 e. The molecule has 0 aliphatic heterocycles. The van der Waals surface area contributed by atoms with Crippen molar-refractivity contribution in [3.05, 3.63) is 41.8 Å². The van der Waals surface area contributed by atoms with Crippen LogP contribution in [-0.2, 0) is 0 Å². The van der Waals surface area contributed by atoms with Crippen molar-refractivity contribution in [1.29, 1.82) is 0 Å². The molecule has 0 bridgehead atoms. The molecule has 1 N–H and O–H groups in total. The highest BCUT2D eigenvalue weighted by atomic mass is 16.5. The van der Waals surface area contributed by atoms with E-state index < -0.39 is 0 Å². The summed E-state index contributed by atoms with van der Waals surface area (Å²) in [6.45, 7) is 4.09. The van der Waals surface area contributed by atoms with Crippen LogP contribution in [0.1, 0.15) is 23.0 Å². The lowest BCUT2D eigenvalue weighted by Gasteiger charge is -2.19. The van der Waals surface area contributed by atoms with Gasteiger partial charge in [-0.2, -0.15) is 0 Å². The molecule has 0 radical (unpaired) electrons. The summed E-state index contributed by atoms with van der Waals surface area (Å²) in [7, 11) is 0. The van der Waals surface area contributed by atoms with Crippen LogP contribution in [0.3, 0.4) is 0 Å². The lowest BCUT2D eigenvalue weighted by Crippen LogP contribution is -2.30. The summed E-state index contributed by atoms with van der Waals surface area (Å²) in [6, 6.07) is 6.54. The Kier molecular flexibility index (Phi) is 3.32. The molecule has 2 aromatic rings. The maximum absolute atomic E-state index is 12.3. The van der Waals surface area contributed by atoms with Crippen molar-refractivity contribution in [2.24, 2.45) is 0 Å². The van der Waals surface area contributed by atoms with Crippen molar-refractivity contribution < 1.29 is 14.4 Å². The Bertz CT molecular complexity index is 563. The summed E-state index contributed by atoms with van der Waals surface area (Å²) in [5.74, 6) is 0.0753. The Balaban J connectivity index is 2.35. The minimum Gasteiger partial charge on any atom is -0.508 e. The molecule has 5 heteroatoms. The van der Waals surface area contributed by atoms with Crippen molar-refractivity contribution in [2.45, 2.75) is 13.8 Å². The van der Waals surface area contributed by atoms with Crippen LogP contribution in [0.2, 0.25) is 0 Å². The molecule has 5 nitrogen and oxygen atoms in total. The molecule has 18 heavy (non-hydrogen) atoms. The molecule has 0 aliphatic rings. The molecule has 0 spiro atoms. The van der Waals surface area contributed by atoms with E-state index in [4.69, 9.17) is 4.52 Å². The molecule has 1 aromatic carbocycles. The predicted molar refractivity (Wildman–Crippen MR) is 66.7 cm³/mol. The second kappa shape index (κ2) is 4.91. The van der Waals surface area contributed by atoms with Gasteiger partial charge in [-0.1, -0.05) is 11.2 Å². The van der Waals surface area contributed by atoms with Gasteiger partial charge in [-0.3, -0.25) is 4.79 Å². The predicted octanol–water partition coefficient (Wildman–Crippen LogP) is 2.36. The smallest absolute Gasteiger partial charge is 0.297 e. The first-order chi connectivity index (χ1) is 8.63. The molecular weight excluding hydrogens is 232 g/mol. The van der Waals surface area contributed by atoms with Crippen LogP contribution in [0.25, 0.3) is 0 Å². The van der Waals surface area contributed by atoms with E-state index in [1.807, 2.05) is 6.92 Å². The van der Waals surface area contributed by atoms with Gasteiger partial charge in [0.2, 0.25) is 5.76 Å². The molecule has 0 atom stereocenters. The van der Waals surface area contributed by atoms with Gasteiger partial charge in [0.15, 0.2) is 0 Å². The molecule has 1 aromatic heterocycles. The van der Waals surface area contributed by atoms with E-state index >= 15 is 0 Å². The van der Waals surface area contributed by atoms with Gasteiger partial charge in [0, 0.05) is 23.9 Å². The average molecular weight is 246 g/mol. The number of phenolic OH excluding ortho intramolecular Hbond substituents is 1. The molecule has 1 heterocycles. The number of aryl methyl sites for hydroxylation is 1. The number of benzene rings is 1. The zero-order valence-electron chi connectivity index (χ0n) is 10.3. The first-order valence-electron chi connectivity index (χ1n) is 5.65. The Labute approximate surface area is 105 Å².